The molecule has 2 saturated heterocycles. The molecule has 5 nitrogen and oxygen atoms in total. The summed E-state index contributed by atoms with van der Waals surface area (Å²) in [4.78, 5) is 29.4. The fourth-order valence-electron chi connectivity index (χ4n) is 3.32. The molecule has 0 aromatic heterocycles. The maximum absolute atomic E-state index is 12.1. The van der Waals surface area contributed by atoms with Crippen LogP contribution in [0.25, 0.3) is 0 Å². The molecule has 1 aliphatic carbocycles. The summed E-state index contributed by atoms with van der Waals surface area (Å²) in [6.07, 6.45) is 5.87. The van der Waals surface area contributed by atoms with E-state index < -0.39 is 0 Å². The highest BCUT2D eigenvalue weighted by molar-refractivity contribution is 8.14. The molecular formula is C15H23N3O2S. The highest BCUT2D eigenvalue weighted by atomic mass is 32.2. The first-order chi connectivity index (χ1) is 9.99. The standard InChI is InChI=1S/C15H23N3O2S/c1-10-5-7-15(8-6-10)9-21-14(17-15)16-11-3-4-12(19)18(2)13(11)20/h10-11H,3-9H2,1-2H3,(H,16,17). The molecule has 3 fully saturated rings. The second-order valence-electron chi connectivity index (χ2n) is 6.66. The predicted octanol–water partition coefficient (Wildman–Crippen LogP) is 1.78. The second-order valence-corrected chi connectivity index (χ2v) is 7.62. The number of nitrogens with one attached hydrogen (secondary N) is 1. The van der Waals surface area contributed by atoms with E-state index >= 15 is 0 Å². The first kappa shape index (κ1) is 14.9. The summed E-state index contributed by atoms with van der Waals surface area (Å²) in [5.74, 6) is 1.61. The van der Waals surface area contributed by atoms with Crippen LogP contribution in [0.3, 0.4) is 0 Å². The number of carbonyl (C=O) groups is 2. The number of thioether (sulfide) groups is 1. The van der Waals surface area contributed by atoms with Crippen LogP contribution in [-0.4, -0.2) is 46.3 Å². The van der Waals surface area contributed by atoms with E-state index in [1.807, 2.05) is 0 Å². The Balaban J connectivity index is 1.66. The van der Waals surface area contributed by atoms with Crippen molar-refractivity contribution in [2.75, 3.05) is 12.8 Å². The van der Waals surface area contributed by atoms with Crippen LogP contribution in [0.4, 0.5) is 0 Å². The molecule has 0 aromatic carbocycles. The van der Waals surface area contributed by atoms with Gasteiger partial charge in [0, 0.05) is 24.8 Å². The number of imide groups is 1. The molecule has 1 unspecified atom stereocenters. The lowest BCUT2D eigenvalue weighted by atomic mass is 9.78. The molecule has 21 heavy (non-hydrogen) atoms. The predicted molar refractivity (Wildman–Crippen MR) is 84.2 cm³/mol. The van der Waals surface area contributed by atoms with Crippen molar-refractivity contribution in [3.63, 3.8) is 0 Å². The summed E-state index contributed by atoms with van der Waals surface area (Å²) in [6, 6.07) is -0.389. The largest absolute Gasteiger partial charge is 0.359 e. The van der Waals surface area contributed by atoms with Gasteiger partial charge in [-0.2, -0.15) is 0 Å². The quantitative estimate of drug-likeness (QED) is 0.750. The second kappa shape index (κ2) is 5.63. The number of nitrogens with zero attached hydrogens (tertiary/aromatic N) is 2. The van der Waals surface area contributed by atoms with Crippen molar-refractivity contribution < 1.29 is 9.59 Å². The molecule has 0 aromatic rings. The summed E-state index contributed by atoms with van der Waals surface area (Å²) in [7, 11) is 1.55. The van der Waals surface area contributed by atoms with Gasteiger partial charge in [-0.25, -0.2) is 4.99 Å². The highest BCUT2D eigenvalue weighted by Gasteiger charge is 2.40. The van der Waals surface area contributed by atoms with Gasteiger partial charge in [0.2, 0.25) is 5.91 Å². The smallest absolute Gasteiger partial charge is 0.253 e. The van der Waals surface area contributed by atoms with E-state index in [1.165, 1.54) is 30.6 Å². The maximum Gasteiger partial charge on any atom is 0.253 e. The normalized spacial score (nSPS) is 39.1. The Labute approximate surface area is 129 Å². The molecule has 2 aliphatic heterocycles. The molecule has 1 saturated carbocycles. The maximum atomic E-state index is 12.1. The Hall–Kier alpha value is -1.04. The lowest BCUT2D eigenvalue weighted by molar-refractivity contribution is -0.147. The number of likely N-dealkylation sites (tertiary alicyclic amines) is 1. The number of likely N-dealkylation sites (N-methyl/N-ethyl adjacent to an activating group) is 1. The third kappa shape index (κ3) is 2.96. The van der Waals surface area contributed by atoms with Crippen molar-refractivity contribution >= 4 is 28.7 Å². The van der Waals surface area contributed by atoms with Crippen molar-refractivity contribution in [1.82, 2.24) is 10.2 Å². The van der Waals surface area contributed by atoms with E-state index in [0.717, 1.165) is 16.8 Å². The number of amidine groups is 1. The van der Waals surface area contributed by atoms with Gasteiger partial charge >= 0.3 is 0 Å². The van der Waals surface area contributed by atoms with E-state index in [0.29, 0.717) is 12.8 Å². The average Bonchev–Trinajstić information content (AvgIpc) is 2.86. The zero-order valence-electron chi connectivity index (χ0n) is 12.7. The molecule has 1 spiro atoms. The Morgan fingerprint density at radius 1 is 1.29 bits per heavy atom. The first-order valence-electron chi connectivity index (χ1n) is 7.78. The third-order valence-electron chi connectivity index (χ3n) is 4.98. The number of carbonyl (C=O) groups excluding carboxylic acids is 2. The summed E-state index contributed by atoms with van der Waals surface area (Å²) >= 11 is 1.73. The molecule has 2 amide bonds. The highest BCUT2D eigenvalue weighted by Crippen LogP contribution is 2.38. The Kier molecular flexibility index (Phi) is 3.99. The molecule has 3 rings (SSSR count). The Morgan fingerprint density at radius 2 is 2.00 bits per heavy atom. The molecule has 2 heterocycles. The molecule has 116 valence electrons. The van der Waals surface area contributed by atoms with E-state index in [9.17, 15) is 9.59 Å². The monoisotopic (exact) mass is 309 g/mol. The molecule has 1 atom stereocenters. The molecule has 0 radical (unpaired) electrons. The minimum atomic E-state index is -0.389. The number of amides is 2. The number of aliphatic imine (C=N–C) groups is 1. The van der Waals surface area contributed by atoms with Gasteiger partial charge in [-0.05, 0) is 38.0 Å². The summed E-state index contributed by atoms with van der Waals surface area (Å²) < 4.78 is 0. The fraction of sp³-hybridized carbons (Fsp3) is 0.800. The van der Waals surface area contributed by atoms with E-state index in [1.54, 1.807) is 18.8 Å². The molecule has 0 bridgehead atoms. The van der Waals surface area contributed by atoms with Crippen LogP contribution in [0.15, 0.2) is 4.99 Å². The lowest BCUT2D eigenvalue weighted by Crippen LogP contribution is -2.48. The molecule has 6 heteroatoms. The first-order valence-corrected chi connectivity index (χ1v) is 8.77. The van der Waals surface area contributed by atoms with Gasteiger partial charge in [-0.15, -0.1) is 0 Å². The zero-order valence-corrected chi connectivity index (χ0v) is 13.5. The Morgan fingerprint density at radius 3 is 2.71 bits per heavy atom. The minimum absolute atomic E-state index is 0.0961. The van der Waals surface area contributed by atoms with Crippen LogP contribution in [-0.2, 0) is 9.59 Å². The number of hydrogen-bond acceptors (Lipinski definition) is 4. The number of piperidine rings is 1. The van der Waals surface area contributed by atoms with Crippen LogP contribution in [0.2, 0.25) is 0 Å². The van der Waals surface area contributed by atoms with Crippen molar-refractivity contribution in [2.45, 2.75) is 57.0 Å². The molecular weight excluding hydrogens is 286 g/mol. The third-order valence-corrected chi connectivity index (χ3v) is 6.16. The van der Waals surface area contributed by atoms with Gasteiger partial charge < -0.3 is 5.32 Å². The van der Waals surface area contributed by atoms with Crippen LogP contribution in [0.1, 0.15) is 45.4 Å². The summed E-state index contributed by atoms with van der Waals surface area (Å²) in [5, 5.41) is 4.47. The number of hydrogen-bond donors (Lipinski definition) is 1. The van der Waals surface area contributed by atoms with Gasteiger partial charge in [0.1, 0.15) is 6.04 Å². The van der Waals surface area contributed by atoms with Crippen LogP contribution in [0, 0.1) is 5.92 Å². The average molecular weight is 309 g/mol. The van der Waals surface area contributed by atoms with Crippen LogP contribution in [0.5, 0.6) is 0 Å². The fourth-order valence-corrected chi connectivity index (χ4v) is 4.58. The topological polar surface area (TPSA) is 61.8 Å². The lowest BCUT2D eigenvalue weighted by Gasteiger charge is -2.35. The van der Waals surface area contributed by atoms with Crippen molar-refractivity contribution in [3.05, 3.63) is 0 Å². The van der Waals surface area contributed by atoms with Gasteiger partial charge in [0.05, 0.1) is 0 Å². The Bertz CT molecular complexity index is 483. The summed E-state index contributed by atoms with van der Waals surface area (Å²) in [5.41, 5.74) is 0.190. The SMILES string of the molecule is CC1CCC2(CC1)CSC(=NC1CCC(=O)N(C)C1=O)N2. The van der Waals surface area contributed by atoms with Crippen LogP contribution >= 0.6 is 11.8 Å². The van der Waals surface area contributed by atoms with Gasteiger partial charge in [0.15, 0.2) is 5.17 Å². The summed E-state index contributed by atoms with van der Waals surface area (Å²) in [6.45, 7) is 2.32. The minimum Gasteiger partial charge on any atom is -0.359 e. The van der Waals surface area contributed by atoms with Crippen molar-refractivity contribution in [1.29, 1.82) is 0 Å². The van der Waals surface area contributed by atoms with E-state index in [2.05, 4.69) is 17.2 Å². The molecule has 3 aliphatic rings. The van der Waals surface area contributed by atoms with Gasteiger partial charge in [0.25, 0.3) is 5.91 Å². The van der Waals surface area contributed by atoms with Gasteiger partial charge in [-0.1, -0.05) is 18.7 Å². The van der Waals surface area contributed by atoms with E-state index in [4.69, 9.17) is 0 Å². The zero-order chi connectivity index (χ0) is 15.0. The molecule has 1 N–H and O–H groups in total. The van der Waals surface area contributed by atoms with Crippen molar-refractivity contribution in [2.24, 2.45) is 10.9 Å². The van der Waals surface area contributed by atoms with E-state index in [-0.39, 0.29) is 23.4 Å². The van der Waals surface area contributed by atoms with Crippen molar-refractivity contribution in [3.8, 4) is 0 Å². The van der Waals surface area contributed by atoms with Gasteiger partial charge in [-0.3, -0.25) is 14.5 Å². The van der Waals surface area contributed by atoms with Crippen LogP contribution < -0.4 is 5.32 Å². The number of rotatable bonds is 1.